The van der Waals surface area contributed by atoms with Crippen LogP contribution in [0.2, 0.25) is 0 Å². The van der Waals surface area contributed by atoms with Crippen LogP contribution < -0.4 is 10.9 Å². The second kappa shape index (κ2) is 8.05. The van der Waals surface area contributed by atoms with Crippen LogP contribution in [0.4, 0.5) is 0 Å². The third-order valence-electron chi connectivity index (χ3n) is 3.75. The summed E-state index contributed by atoms with van der Waals surface area (Å²) >= 11 is 1.16. The molecule has 2 heterocycles. The fraction of sp³-hybridized carbons (Fsp3) is 0.500. The minimum absolute atomic E-state index is 0.0521. The summed E-state index contributed by atoms with van der Waals surface area (Å²) in [5, 5.41) is 11.7. The number of unbranched alkanes of at least 4 members (excludes halogenated alkanes) is 2. The average Bonchev–Trinajstić information content (AvgIpc) is 2.87. The maximum Gasteiger partial charge on any atom is 0.305 e. The van der Waals surface area contributed by atoms with Crippen LogP contribution in [-0.2, 0) is 11.3 Å². The van der Waals surface area contributed by atoms with E-state index < -0.39 is 5.97 Å². The van der Waals surface area contributed by atoms with E-state index in [0.29, 0.717) is 27.2 Å². The van der Waals surface area contributed by atoms with Crippen LogP contribution >= 0.6 is 11.3 Å². The number of aliphatic carboxylic acids is 1. The van der Waals surface area contributed by atoms with E-state index >= 15 is 0 Å². The number of aromatic nitrogens is 2. The molecule has 0 aliphatic carbocycles. The summed E-state index contributed by atoms with van der Waals surface area (Å²) in [6, 6.07) is 0. The summed E-state index contributed by atoms with van der Waals surface area (Å²) in [5.74, 6) is -1.34. The van der Waals surface area contributed by atoms with Crippen molar-refractivity contribution < 1.29 is 14.7 Å². The molecule has 2 aromatic rings. The zero-order chi connectivity index (χ0) is 17.7. The first-order valence-electron chi connectivity index (χ1n) is 7.94. The Labute approximate surface area is 143 Å². The zero-order valence-electron chi connectivity index (χ0n) is 13.8. The second-order valence-electron chi connectivity index (χ2n) is 5.59. The van der Waals surface area contributed by atoms with Crippen LogP contribution in [0.15, 0.2) is 11.1 Å². The topological polar surface area (TPSA) is 101 Å². The molecule has 24 heavy (non-hydrogen) atoms. The number of amides is 1. The van der Waals surface area contributed by atoms with E-state index in [0.717, 1.165) is 30.6 Å². The number of hydrogen-bond donors (Lipinski definition) is 2. The van der Waals surface area contributed by atoms with Crippen molar-refractivity contribution >= 4 is 33.4 Å². The molecule has 0 saturated carbocycles. The summed E-state index contributed by atoms with van der Waals surface area (Å²) < 4.78 is 1.59. The number of carboxylic acids is 1. The first-order valence-corrected chi connectivity index (χ1v) is 8.75. The maximum absolute atomic E-state index is 12.6. The van der Waals surface area contributed by atoms with Crippen molar-refractivity contribution in [2.24, 2.45) is 0 Å². The minimum atomic E-state index is -0.972. The number of rotatable bonds is 8. The van der Waals surface area contributed by atoms with Crippen molar-refractivity contribution in [1.82, 2.24) is 14.9 Å². The monoisotopic (exact) mass is 351 g/mol. The third-order valence-corrected chi connectivity index (χ3v) is 4.95. The molecule has 0 radical (unpaired) electrons. The van der Waals surface area contributed by atoms with E-state index in [-0.39, 0.29) is 24.4 Å². The standard InChI is InChI=1S/C16H21N3O4S/c1-3-4-5-8-19-9-18-15-12(16(19)23)10(2)13(24-15)14(22)17-7-6-11(20)21/h9H,3-8H2,1-2H3,(H,17,22)(H,20,21). The first-order chi connectivity index (χ1) is 11.5. The van der Waals surface area contributed by atoms with E-state index in [1.54, 1.807) is 11.5 Å². The van der Waals surface area contributed by atoms with Crippen LogP contribution in [-0.4, -0.2) is 33.1 Å². The lowest BCUT2D eigenvalue weighted by molar-refractivity contribution is -0.136. The lowest BCUT2D eigenvalue weighted by Crippen LogP contribution is -2.26. The van der Waals surface area contributed by atoms with Gasteiger partial charge < -0.3 is 10.4 Å². The highest BCUT2D eigenvalue weighted by Crippen LogP contribution is 2.26. The molecule has 0 spiro atoms. The Balaban J connectivity index is 2.26. The van der Waals surface area contributed by atoms with Gasteiger partial charge in [-0.05, 0) is 18.9 Å². The Morgan fingerprint density at radius 3 is 2.79 bits per heavy atom. The van der Waals surface area contributed by atoms with Gasteiger partial charge in [-0.2, -0.15) is 0 Å². The molecule has 1 amide bonds. The van der Waals surface area contributed by atoms with E-state index in [9.17, 15) is 14.4 Å². The first kappa shape index (κ1) is 18.1. The number of carboxylic acid groups (broad SMARTS) is 1. The van der Waals surface area contributed by atoms with Crippen molar-refractivity contribution in [3.63, 3.8) is 0 Å². The molecule has 0 fully saturated rings. The Morgan fingerprint density at radius 2 is 2.12 bits per heavy atom. The van der Waals surface area contributed by atoms with Crippen molar-refractivity contribution in [1.29, 1.82) is 0 Å². The van der Waals surface area contributed by atoms with Gasteiger partial charge in [0.25, 0.3) is 11.5 Å². The molecule has 0 unspecified atom stereocenters. The molecule has 0 atom stereocenters. The number of carbonyl (C=O) groups is 2. The molecule has 7 nitrogen and oxygen atoms in total. The number of thiophene rings is 1. The smallest absolute Gasteiger partial charge is 0.305 e. The molecule has 2 rings (SSSR count). The quantitative estimate of drug-likeness (QED) is 0.710. The normalized spacial score (nSPS) is 10.9. The molecular formula is C16H21N3O4S. The molecule has 0 saturated heterocycles. The van der Waals surface area contributed by atoms with Gasteiger partial charge in [-0.3, -0.25) is 19.0 Å². The fourth-order valence-electron chi connectivity index (χ4n) is 2.43. The van der Waals surface area contributed by atoms with Crippen molar-refractivity contribution in [2.75, 3.05) is 6.54 Å². The fourth-order valence-corrected chi connectivity index (χ4v) is 3.49. The Hall–Kier alpha value is -2.22. The lowest BCUT2D eigenvalue weighted by Gasteiger charge is -2.04. The van der Waals surface area contributed by atoms with E-state index in [4.69, 9.17) is 5.11 Å². The lowest BCUT2D eigenvalue weighted by atomic mass is 10.2. The second-order valence-corrected chi connectivity index (χ2v) is 6.59. The molecular weight excluding hydrogens is 330 g/mol. The average molecular weight is 351 g/mol. The number of aryl methyl sites for hydroxylation is 2. The van der Waals surface area contributed by atoms with Gasteiger partial charge in [-0.25, -0.2) is 4.98 Å². The van der Waals surface area contributed by atoms with Gasteiger partial charge >= 0.3 is 5.97 Å². The van der Waals surface area contributed by atoms with Crippen LogP contribution in [0.5, 0.6) is 0 Å². The molecule has 130 valence electrons. The molecule has 8 heteroatoms. The van der Waals surface area contributed by atoms with Crippen LogP contribution in [0, 0.1) is 6.92 Å². The third kappa shape index (κ3) is 4.00. The predicted octanol–water partition coefficient (Wildman–Crippen LogP) is 2.16. The zero-order valence-corrected chi connectivity index (χ0v) is 14.6. The number of nitrogens with one attached hydrogen (secondary N) is 1. The number of carbonyl (C=O) groups excluding carboxylic acids is 1. The Bertz CT molecular complexity index is 809. The molecule has 2 N–H and O–H groups in total. The highest BCUT2D eigenvalue weighted by molar-refractivity contribution is 7.20. The van der Waals surface area contributed by atoms with Gasteiger partial charge in [-0.15, -0.1) is 11.3 Å². The van der Waals surface area contributed by atoms with Crippen molar-refractivity contribution in [3.05, 3.63) is 27.1 Å². The largest absolute Gasteiger partial charge is 0.481 e. The minimum Gasteiger partial charge on any atom is -0.481 e. The number of fused-ring (bicyclic) bond motifs is 1. The maximum atomic E-state index is 12.6. The highest BCUT2D eigenvalue weighted by Gasteiger charge is 2.19. The van der Waals surface area contributed by atoms with Gasteiger partial charge in [0.05, 0.1) is 23.0 Å². The molecule has 0 bridgehead atoms. The van der Waals surface area contributed by atoms with Crippen molar-refractivity contribution in [3.8, 4) is 0 Å². The van der Waals surface area contributed by atoms with Gasteiger partial charge in [0.1, 0.15) is 4.83 Å². The van der Waals surface area contributed by atoms with Crippen LogP contribution in [0.3, 0.4) is 0 Å². The Kier molecular flexibility index (Phi) is 6.08. The number of hydrogen-bond acceptors (Lipinski definition) is 5. The van der Waals surface area contributed by atoms with Crippen LogP contribution in [0.1, 0.15) is 47.8 Å². The number of nitrogens with zero attached hydrogens (tertiary/aromatic N) is 2. The molecule has 0 aliphatic heterocycles. The van der Waals surface area contributed by atoms with Gasteiger partial charge in [0.15, 0.2) is 0 Å². The molecule has 2 aromatic heterocycles. The summed E-state index contributed by atoms with van der Waals surface area (Å²) in [6.45, 7) is 4.49. The summed E-state index contributed by atoms with van der Waals surface area (Å²) in [5.41, 5.74) is 0.472. The van der Waals surface area contributed by atoms with E-state index in [1.165, 1.54) is 6.33 Å². The summed E-state index contributed by atoms with van der Waals surface area (Å²) in [6.07, 6.45) is 4.42. The van der Waals surface area contributed by atoms with Crippen molar-refractivity contribution in [2.45, 2.75) is 46.1 Å². The summed E-state index contributed by atoms with van der Waals surface area (Å²) in [7, 11) is 0. The molecule has 0 aromatic carbocycles. The van der Waals surface area contributed by atoms with Gasteiger partial charge in [0.2, 0.25) is 0 Å². The van der Waals surface area contributed by atoms with Crippen LogP contribution in [0.25, 0.3) is 10.2 Å². The van der Waals surface area contributed by atoms with E-state index in [1.807, 2.05) is 0 Å². The SMILES string of the molecule is CCCCCn1cnc2sc(C(=O)NCCC(=O)O)c(C)c2c1=O. The van der Waals surface area contributed by atoms with Gasteiger partial charge in [-0.1, -0.05) is 19.8 Å². The summed E-state index contributed by atoms with van der Waals surface area (Å²) in [4.78, 5) is 40.6. The van der Waals surface area contributed by atoms with Gasteiger partial charge in [0, 0.05) is 13.1 Å². The Morgan fingerprint density at radius 1 is 1.38 bits per heavy atom. The van der Waals surface area contributed by atoms with E-state index in [2.05, 4.69) is 17.2 Å². The molecule has 0 aliphatic rings. The predicted molar refractivity (Wildman–Crippen MR) is 92.7 cm³/mol. The highest BCUT2D eigenvalue weighted by atomic mass is 32.1.